The molecule has 0 aromatic heterocycles. The summed E-state index contributed by atoms with van der Waals surface area (Å²) in [5.41, 5.74) is 5.69. The monoisotopic (exact) mass is 354 g/mol. The van der Waals surface area contributed by atoms with Crippen LogP contribution in [0.4, 0.5) is 0 Å². The standard InChI is InChI=1S/C19H18N2O5/c1-21-11-7-5-8-12(22)14(11)19(18(21)24)10-6-3-4-9-13(10)26-16(20)15(19)17(23)25-2/h3-4,6,9H,5,7-8,20H2,1-2H3. The number of fused-ring (bicyclic) bond motifs is 3. The van der Waals surface area contributed by atoms with E-state index in [9.17, 15) is 14.4 Å². The SMILES string of the molecule is COC(=O)C1=C(N)Oc2ccccc2C12C(=O)N(C)C1=C2C(=O)CCC1. The topological polar surface area (TPSA) is 98.9 Å². The number of likely N-dealkylation sites (N-methyl/N-ethyl adjacent to an activating group) is 1. The molecule has 7 heteroatoms. The molecule has 1 aromatic carbocycles. The van der Waals surface area contributed by atoms with Gasteiger partial charge in [0.15, 0.2) is 5.78 Å². The predicted octanol–water partition coefficient (Wildman–Crippen LogP) is 1.14. The molecule has 0 saturated carbocycles. The Balaban J connectivity index is 2.14. The zero-order chi connectivity index (χ0) is 18.6. The van der Waals surface area contributed by atoms with Gasteiger partial charge in [-0.1, -0.05) is 18.2 Å². The lowest BCUT2D eigenvalue weighted by atomic mass is 9.65. The maximum absolute atomic E-state index is 13.5. The molecule has 0 saturated heterocycles. The summed E-state index contributed by atoms with van der Waals surface area (Å²) < 4.78 is 10.5. The summed E-state index contributed by atoms with van der Waals surface area (Å²) in [6, 6.07) is 6.83. The first kappa shape index (κ1) is 16.4. The van der Waals surface area contributed by atoms with E-state index in [0.29, 0.717) is 41.8 Å². The van der Waals surface area contributed by atoms with Crippen LogP contribution in [0.2, 0.25) is 0 Å². The van der Waals surface area contributed by atoms with Crippen molar-refractivity contribution in [3.63, 3.8) is 0 Å². The van der Waals surface area contributed by atoms with E-state index in [1.54, 1.807) is 31.3 Å². The van der Waals surface area contributed by atoms with E-state index in [2.05, 4.69) is 0 Å². The second-order valence-electron chi connectivity index (χ2n) is 6.54. The number of hydrogen-bond acceptors (Lipinski definition) is 6. The van der Waals surface area contributed by atoms with E-state index in [-0.39, 0.29) is 17.2 Å². The van der Waals surface area contributed by atoms with E-state index in [0.717, 1.165) is 0 Å². The maximum Gasteiger partial charge on any atom is 0.340 e. The molecule has 2 N–H and O–H groups in total. The van der Waals surface area contributed by atoms with Crippen LogP contribution in [-0.4, -0.2) is 36.7 Å². The first-order valence-corrected chi connectivity index (χ1v) is 8.35. The number of nitrogens with zero attached hydrogens (tertiary/aromatic N) is 1. The second kappa shape index (κ2) is 5.45. The molecule has 1 atom stereocenters. The zero-order valence-corrected chi connectivity index (χ0v) is 14.5. The number of allylic oxidation sites excluding steroid dienone is 1. The Hall–Kier alpha value is -3.09. The molecule has 2 aliphatic heterocycles. The van der Waals surface area contributed by atoms with Crippen molar-refractivity contribution >= 4 is 17.7 Å². The summed E-state index contributed by atoms with van der Waals surface area (Å²) in [7, 11) is 2.83. The Morgan fingerprint density at radius 1 is 1.27 bits per heavy atom. The number of ether oxygens (including phenoxy) is 2. The third-order valence-corrected chi connectivity index (χ3v) is 5.31. The van der Waals surface area contributed by atoms with Gasteiger partial charge in [0.25, 0.3) is 0 Å². The molecule has 3 aliphatic rings. The Morgan fingerprint density at radius 3 is 2.73 bits per heavy atom. The van der Waals surface area contributed by atoms with Crippen molar-refractivity contribution in [1.29, 1.82) is 0 Å². The maximum atomic E-state index is 13.5. The fourth-order valence-electron chi connectivity index (χ4n) is 4.26. The van der Waals surface area contributed by atoms with Gasteiger partial charge in [-0.3, -0.25) is 9.59 Å². The van der Waals surface area contributed by atoms with Crippen molar-refractivity contribution in [1.82, 2.24) is 4.90 Å². The molecule has 0 bridgehead atoms. The fraction of sp³-hybridized carbons (Fsp3) is 0.316. The van der Waals surface area contributed by atoms with Gasteiger partial charge in [-0.25, -0.2) is 4.79 Å². The molecule has 7 nitrogen and oxygen atoms in total. The van der Waals surface area contributed by atoms with Crippen molar-refractivity contribution in [3.8, 4) is 5.75 Å². The van der Waals surface area contributed by atoms with Crippen LogP contribution in [0.15, 0.2) is 47.0 Å². The summed E-state index contributed by atoms with van der Waals surface area (Å²) in [6.45, 7) is 0. The van der Waals surface area contributed by atoms with Crippen LogP contribution in [-0.2, 0) is 24.5 Å². The van der Waals surface area contributed by atoms with Crippen molar-refractivity contribution in [2.45, 2.75) is 24.7 Å². The van der Waals surface area contributed by atoms with Gasteiger partial charge in [-0.15, -0.1) is 0 Å². The third kappa shape index (κ3) is 1.80. The molecular formula is C19H18N2O5. The number of rotatable bonds is 1. The minimum atomic E-state index is -1.62. The van der Waals surface area contributed by atoms with Crippen LogP contribution in [0.3, 0.4) is 0 Å². The number of nitrogens with two attached hydrogens (primary N) is 1. The smallest absolute Gasteiger partial charge is 0.340 e. The van der Waals surface area contributed by atoms with E-state index in [4.69, 9.17) is 15.2 Å². The van der Waals surface area contributed by atoms with Crippen LogP contribution in [0.5, 0.6) is 5.75 Å². The second-order valence-corrected chi connectivity index (χ2v) is 6.54. The van der Waals surface area contributed by atoms with Gasteiger partial charge >= 0.3 is 5.97 Å². The van der Waals surface area contributed by atoms with Crippen molar-refractivity contribution in [3.05, 3.63) is 52.6 Å². The first-order valence-electron chi connectivity index (χ1n) is 8.35. The highest BCUT2D eigenvalue weighted by molar-refractivity contribution is 6.19. The van der Waals surface area contributed by atoms with Gasteiger partial charge in [0.2, 0.25) is 11.8 Å². The Labute approximate surface area is 150 Å². The molecule has 1 unspecified atom stereocenters. The number of carbonyl (C=O) groups excluding carboxylic acids is 3. The summed E-state index contributed by atoms with van der Waals surface area (Å²) in [5.74, 6) is -1.20. The number of para-hydroxylation sites is 1. The van der Waals surface area contributed by atoms with Crippen molar-refractivity contribution in [2.75, 3.05) is 14.2 Å². The van der Waals surface area contributed by atoms with Gasteiger partial charge in [-0.2, -0.15) is 0 Å². The number of Topliss-reactive ketones (excluding diaryl/α,β-unsaturated/α-hetero) is 1. The highest BCUT2D eigenvalue weighted by atomic mass is 16.5. The highest BCUT2D eigenvalue weighted by Crippen LogP contribution is 2.55. The quantitative estimate of drug-likeness (QED) is 0.760. The highest BCUT2D eigenvalue weighted by Gasteiger charge is 2.63. The molecule has 134 valence electrons. The van der Waals surface area contributed by atoms with Crippen LogP contribution >= 0.6 is 0 Å². The van der Waals surface area contributed by atoms with Crippen LogP contribution < -0.4 is 10.5 Å². The van der Waals surface area contributed by atoms with E-state index in [1.165, 1.54) is 12.0 Å². The van der Waals surface area contributed by atoms with E-state index >= 15 is 0 Å². The first-order chi connectivity index (χ1) is 12.4. The molecule has 0 fully saturated rings. The molecule has 1 spiro atoms. The summed E-state index contributed by atoms with van der Waals surface area (Å²) in [4.78, 5) is 40.5. The normalized spacial score (nSPS) is 24.6. The van der Waals surface area contributed by atoms with Gasteiger partial charge in [-0.05, 0) is 18.9 Å². The summed E-state index contributed by atoms with van der Waals surface area (Å²) in [6.07, 6.45) is 1.57. The van der Waals surface area contributed by atoms with Gasteiger partial charge in [0.05, 0.1) is 7.11 Å². The minimum absolute atomic E-state index is 0.129. The Bertz CT molecular complexity index is 930. The number of benzene rings is 1. The average molecular weight is 354 g/mol. The van der Waals surface area contributed by atoms with Crippen LogP contribution in [0.1, 0.15) is 24.8 Å². The van der Waals surface area contributed by atoms with Gasteiger partial charge in [0, 0.05) is 30.3 Å². The van der Waals surface area contributed by atoms with Gasteiger partial charge < -0.3 is 20.1 Å². The predicted molar refractivity (Wildman–Crippen MR) is 90.6 cm³/mol. The largest absolute Gasteiger partial charge is 0.465 e. The minimum Gasteiger partial charge on any atom is -0.465 e. The Morgan fingerprint density at radius 2 is 2.00 bits per heavy atom. The van der Waals surface area contributed by atoms with Crippen LogP contribution in [0, 0.1) is 0 Å². The average Bonchev–Trinajstić information content (AvgIpc) is 2.85. The number of esters is 1. The summed E-state index contributed by atoms with van der Waals surface area (Å²) >= 11 is 0. The molecule has 2 heterocycles. The summed E-state index contributed by atoms with van der Waals surface area (Å²) in [5, 5.41) is 0. The van der Waals surface area contributed by atoms with E-state index < -0.39 is 17.3 Å². The molecule has 4 rings (SSSR count). The van der Waals surface area contributed by atoms with E-state index in [1.807, 2.05) is 0 Å². The fourth-order valence-corrected chi connectivity index (χ4v) is 4.26. The third-order valence-electron chi connectivity index (χ3n) is 5.31. The van der Waals surface area contributed by atoms with Crippen LogP contribution in [0.25, 0.3) is 0 Å². The van der Waals surface area contributed by atoms with Gasteiger partial charge in [0.1, 0.15) is 16.7 Å². The number of hydrogen-bond donors (Lipinski definition) is 1. The molecule has 26 heavy (non-hydrogen) atoms. The molecule has 1 amide bonds. The zero-order valence-electron chi connectivity index (χ0n) is 14.5. The lowest BCUT2D eigenvalue weighted by Crippen LogP contribution is -2.48. The molecule has 1 aromatic rings. The Kier molecular flexibility index (Phi) is 3.44. The van der Waals surface area contributed by atoms with Crippen molar-refractivity contribution in [2.24, 2.45) is 5.73 Å². The molecule has 0 radical (unpaired) electrons. The van der Waals surface area contributed by atoms with Crippen molar-refractivity contribution < 1.29 is 23.9 Å². The number of amides is 1. The number of carbonyl (C=O) groups is 3. The lowest BCUT2D eigenvalue weighted by molar-refractivity contribution is -0.140. The molecular weight excluding hydrogens is 336 g/mol. The number of methoxy groups -OCH3 is 1. The molecule has 1 aliphatic carbocycles. The lowest BCUT2D eigenvalue weighted by Gasteiger charge is -2.36. The number of ketones is 1.